The van der Waals surface area contributed by atoms with Gasteiger partial charge in [0.15, 0.2) is 0 Å². The van der Waals surface area contributed by atoms with Crippen LogP contribution in [0, 0.1) is 12.8 Å². The predicted molar refractivity (Wildman–Crippen MR) is 150 cm³/mol. The van der Waals surface area contributed by atoms with E-state index in [-0.39, 0.29) is 5.63 Å². The first-order chi connectivity index (χ1) is 16.5. The first-order valence-corrected chi connectivity index (χ1v) is 13.6. The minimum atomic E-state index is -0.271. The molecule has 34 heavy (non-hydrogen) atoms. The highest BCUT2D eigenvalue weighted by molar-refractivity contribution is 7.99. The number of unbranched alkanes of at least 4 members (excludes halogenated alkanes) is 1. The van der Waals surface area contributed by atoms with Gasteiger partial charge in [-0.3, -0.25) is 0 Å². The third-order valence-corrected chi connectivity index (χ3v) is 7.67. The molecule has 1 aromatic heterocycles. The van der Waals surface area contributed by atoms with E-state index >= 15 is 0 Å². The van der Waals surface area contributed by atoms with Crippen molar-refractivity contribution in [2.45, 2.75) is 71.6 Å². The summed E-state index contributed by atoms with van der Waals surface area (Å²) in [5.74, 6) is 1.84. The van der Waals surface area contributed by atoms with E-state index < -0.39 is 0 Å². The van der Waals surface area contributed by atoms with E-state index in [1.807, 2.05) is 43.8 Å². The molecule has 3 heteroatoms. The van der Waals surface area contributed by atoms with Gasteiger partial charge in [-0.2, -0.15) is 0 Å². The summed E-state index contributed by atoms with van der Waals surface area (Å²) in [7, 11) is 0. The zero-order chi connectivity index (χ0) is 24.5. The molecule has 0 fully saturated rings. The van der Waals surface area contributed by atoms with E-state index in [0.717, 1.165) is 40.2 Å². The molecule has 0 radical (unpaired) electrons. The molecule has 0 saturated carbocycles. The van der Waals surface area contributed by atoms with E-state index in [2.05, 4.69) is 63.3 Å². The molecule has 3 rings (SSSR count). The molecule has 0 bridgehead atoms. The molecule has 1 atom stereocenters. The van der Waals surface area contributed by atoms with Gasteiger partial charge >= 0.3 is 5.63 Å². The average molecular weight is 475 g/mol. The maximum atomic E-state index is 13.0. The summed E-state index contributed by atoms with van der Waals surface area (Å²) >= 11 is 1.87. The summed E-state index contributed by atoms with van der Waals surface area (Å²) in [5.41, 5.74) is 5.28. The topological polar surface area (TPSA) is 30.2 Å². The molecular formula is C31H38O2S. The van der Waals surface area contributed by atoms with E-state index in [0.29, 0.717) is 11.1 Å². The van der Waals surface area contributed by atoms with Crippen molar-refractivity contribution in [3.05, 3.63) is 82.2 Å². The van der Waals surface area contributed by atoms with Crippen molar-refractivity contribution >= 4 is 28.3 Å². The summed E-state index contributed by atoms with van der Waals surface area (Å²) in [6.45, 7) is 10.7. The Labute approximate surface area is 209 Å². The molecule has 2 aromatic carbocycles. The van der Waals surface area contributed by atoms with Crippen LogP contribution < -0.4 is 5.63 Å². The van der Waals surface area contributed by atoms with E-state index in [1.54, 1.807) is 0 Å². The minimum Gasteiger partial charge on any atom is -0.422 e. The van der Waals surface area contributed by atoms with Crippen molar-refractivity contribution in [2.24, 2.45) is 5.92 Å². The lowest BCUT2D eigenvalue weighted by Crippen LogP contribution is -2.06. The van der Waals surface area contributed by atoms with Crippen LogP contribution in [-0.2, 0) is 0 Å². The quantitative estimate of drug-likeness (QED) is 0.157. The van der Waals surface area contributed by atoms with Gasteiger partial charge < -0.3 is 4.42 Å². The molecule has 0 amide bonds. The van der Waals surface area contributed by atoms with Crippen LogP contribution >= 0.6 is 11.8 Å². The van der Waals surface area contributed by atoms with Crippen LogP contribution in [0.25, 0.3) is 27.7 Å². The number of fused-ring (bicyclic) bond motifs is 1. The van der Waals surface area contributed by atoms with Gasteiger partial charge in [-0.1, -0.05) is 82.5 Å². The summed E-state index contributed by atoms with van der Waals surface area (Å²) < 4.78 is 5.83. The van der Waals surface area contributed by atoms with E-state index in [4.69, 9.17) is 4.42 Å². The molecule has 180 valence electrons. The van der Waals surface area contributed by atoms with Gasteiger partial charge in [0.2, 0.25) is 0 Å². The zero-order valence-electron chi connectivity index (χ0n) is 21.3. The highest BCUT2D eigenvalue weighted by Crippen LogP contribution is 2.32. The Kier molecular flexibility index (Phi) is 9.83. The Morgan fingerprint density at radius 1 is 1.09 bits per heavy atom. The van der Waals surface area contributed by atoms with E-state index in [9.17, 15) is 4.79 Å². The van der Waals surface area contributed by atoms with Gasteiger partial charge in [-0.25, -0.2) is 4.79 Å². The third kappa shape index (κ3) is 6.33. The fourth-order valence-electron chi connectivity index (χ4n) is 4.38. The minimum absolute atomic E-state index is 0.271. The van der Waals surface area contributed by atoms with Gasteiger partial charge in [-0.05, 0) is 73.1 Å². The van der Waals surface area contributed by atoms with Gasteiger partial charge in [-0.15, -0.1) is 11.8 Å². The Morgan fingerprint density at radius 3 is 2.50 bits per heavy atom. The highest BCUT2D eigenvalue weighted by atomic mass is 32.2. The van der Waals surface area contributed by atoms with Crippen molar-refractivity contribution in [3.8, 4) is 11.1 Å². The van der Waals surface area contributed by atoms with Gasteiger partial charge in [0, 0.05) is 16.0 Å². The SMILES string of the molecule is C/C=C\C(=C/CC)c1ccc(-c2c(C)c3ccc(SCC(CC)CCCC)cc3oc2=O)cc1. The lowest BCUT2D eigenvalue weighted by atomic mass is 9.96. The van der Waals surface area contributed by atoms with Crippen LogP contribution in [0.3, 0.4) is 0 Å². The molecule has 2 nitrogen and oxygen atoms in total. The number of thioether (sulfide) groups is 1. The summed E-state index contributed by atoms with van der Waals surface area (Å²) in [6, 6.07) is 14.5. The van der Waals surface area contributed by atoms with Gasteiger partial charge in [0.25, 0.3) is 0 Å². The molecule has 0 aliphatic carbocycles. The number of allylic oxidation sites excluding steroid dienone is 4. The number of hydrogen-bond acceptors (Lipinski definition) is 3. The van der Waals surface area contributed by atoms with Crippen LogP contribution in [-0.4, -0.2) is 5.75 Å². The number of rotatable bonds is 11. The lowest BCUT2D eigenvalue weighted by Gasteiger charge is -2.14. The van der Waals surface area contributed by atoms with Gasteiger partial charge in [0.1, 0.15) is 5.58 Å². The second kappa shape index (κ2) is 12.8. The van der Waals surface area contributed by atoms with Crippen LogP contribution in [0.15, 0.2) is 74.8 Å². The molecular weight excluding hydrogens is 436 g/mol. The highest BCUT2D eigenvalue weighted by Gasteiger charge is 2.15. The van der Waals surface area contributed by atoms with Crippen LogP contribution in [0.1, 0.15) is 70.9 Å². The van der Waals surface area contributed by atoms with Crippen molar-refractivity contribution in [1.29, 1.82) is 0 Å². The van der Waals surface area contributed by atoms with Gasteiger partial charge in [0.05, 0.1) is 5.56 Å². The lowest BCUT2D eigenvalue weighted by molar-refractivity contribution is 0.499. The first kappa shape index (κ1) is 26.1. The average Bonchev–Trinajstić information content (AvgIpc) is 2.84. The Bertz CT molecular complexity index is 1200. The van der Waals surface area contributed by atoms with Crippen molar-refractivity contribution in [1.82, 2.24) is 0 Å². The maximum absolute atomic E-state index is 13.0. The fourth-order valence-corrected chi connectivity index (χ4v) is 5.57. The van der Waals surface area contributed by atoms with Crippen molar-refractivity contribution in [2.75, 3.05) is 5.75 Å². The summed E-state index contributed by atoms with van der Waals surface area (Å²) in [4.78, 5) is 14.2. The van der Waals surface area contributed by atoms with Crippen LogP contribution in [0.4, 0.5) is 0 Å². The smallest absolute Gasteiger partial charge is 0.344 e. The van der Waals surface area contributed by atoms with Crippen LogP contribution in [0.2, 0.25) is 0 Å². The summed E-state index contributed by atoms with van der Waals surface area (Å²) in [5, 5.41) is 1.00. The largest absolute Gasteiger partial charge is 0.422 e. The maximum Gasteiger partial charge on any atom is 0.344 e. The number of aryl methyl sites for hydroxylation is 1. The Morgan fingerprint density at radius 2 is 1.85 bits per heavy atom. The molecule has 3 aromatic rings. The molecule has 0 aliphatic rings. The predicted octanol–water partition coefficient (Wildman–Crippen LogP) is 9.45. The first-order valence-electron chi connectivity index (χ1n) is 12.7. The molecule has 0 saturated heterocycles. The molecule has 1 unspecified atom stereocenters. The fraction of sp³-hybridized carbons (Fsp3) is 0.387. The zero-order valence-corrected chi connectivity index (χ0v) is 22.1. The van der Waals surface area contributed by atoms with Crippen LogP contribution in [0.5, 0.6) is 0 Å². The second-order valence-corrected chi connectivity index (χ2v) is 10.0. The Hall–Kier alpha value is -2.52. The third-order valence-electron chi connectivity index (χ3n) is 6.45. The molecule has 0 N–H and O–H groups in total. The Balaban J connectivity index is 1.88. The number of benzene rings is 2. The molecule has 0 spiro atoms. The monoisotopic (exact) mass is 474 g/mol. The van der Waals surface area contributed by atoms with Crippen molar-refractivity contribution in [3.63, 3.8) is 0 Å². The number of hydrogen-bond donors (Lipinski definition) is 0. The standard InChI is InChI=1S/C31H38O2S/c1-6-10-13-23(9-4)21-34-27-18-19-28-22(5)30(31(32)33-29(28)20-27)26-16-14-25(15-17-26)24(11-7-2)12-8-3/h7,11-12,14-20,23H,6,8-10,13,21H2,1-5H3/b11-7-,24-12+. The normalized spacial score (nSPS) is 13.1. The molecule has 1 heterocycles. The van der Waals surface area contributed by atoms with Crippen molar-refractivity contribution < 1.29 is 4.42 Å². The second-order valence-electron chi connectivity index (χ2n) is 8.92. The van der Waals surface area contributed by atoms with E-state index in [1.165, 1.54) is 36.2 Å². The molecule has 0 aliphatic heterocycles. The summed E-state index contributed by atoms with van der Waals surface area (Å²) in [6.07, 6.45) is 12.4.